The van der Waals surface area contributed by atoms with Crippen LogP contribution >= 0.6 is 0 Å². The van der Waals surface area contributed by atoms with Gasteiger partial charge in [-0.3, -0.25) is 0 Å². The first-order valence-corrected chi connectivity index (χ1v) is 9.23. The molecule has 2 saturated carbocycles. The van der Waals surface area contributed by atoms with Crippen molar-refractivity contribution in [1.82, 2.24) is 0 Å². The van der Waals surface area contributed by atoms with Crippen molar-refractivity contribution in [1.29, 1.82) is 0 Å². The van der Waals surface area contributed by atoms with Gasteiger partial charge in [0.2, 0.25) is 0 Å². The van der Waals surface area contributed by atoms with Crippen LogP contribution in [0.5, 0.6) is 0 Å². The Kier molecular flexibility index (Phi) is 5.41. The highest BCUT2D eigenvalue weighted by Crippen LogP contribution is 2.49. The van der Waals surface area contributed by atoms with Crippen molar-refractivity contribution in [2.24, 2.45) is 34.6 Å². The second-order valence-corrected chi connectivity index (χ2v) is 9.34. The number of hydrogen-bond donors (Lipinski definition) is 2. The van der Waals surface area contributed by atoms with Crippen LogP contribution in [0, 0.1) is 23.2 Å². The van der Waals surface area contributed by atoms with Crippen molar-refractivity contribution in [3.8, 4) is 0 Å². The van der Waals surface area contributed by atoms with Crippen LogP contribution in [-0.4, -0.2) is 11.6 Å². The van der Waals surface area contributed by atoms with E-state index in [1.165, 1.54) is 57.8 Å². The van der Waals surface area contributed by atoms with Gasteiger partial charge >= 0.3 is 0 Å². The van der Waals surface area contributed by atoms with E-state index in [9.17, 15) is 0 Å². The topological polar surface area (TPSA) is 52.0 Å². The summed E-state index contributed by atoms with van der Waals surface area (Å²) >= 11 is 0. The second kappa shape index (κ2) is 6.58. The molecule has 0 amide bonds. The third kappa shape index (κ3) is 4.69. The predicted octanol–water partition coefficient (Wildman–Crippen LogP) is 4.46. The van der Waals surface area contributed by atoms with Crippen LogP contribution in [0.25, 0.3) is 0 Å². The fraction of sp³-hybridized carbons (Fsp3) is 1.00. The molecule has 0 heterocycles. The molecule has 21 heavy (non-hydrogen) atoms. The number of rotatable bonds is 4. The number of nitrogens with two attached hydrogens (primary N) is 2. The summed E-state index contributed by atoms with van der Waals surface area (Å²) in [5, 5.41) is 0. The van der Waals surface area contributed by atoms with E-state index in [4.69, 9.17) is 11.5 Å². The van der Waals surface area contributed by atoms with Gasteiger partial charge in [-0.1, -0.05) is 26.7 Å². The van der Waals surface area contributed by atoms with Crippen LogP contribution in [0.4, 0.5) is 0 Å². The average Bonchev–Trinajstić information content (AvgIpc) is 2.38. The normalized spacial score (nSPS) is 35.7. The Balaban J connectivity index is 1.85. The Labute approximate surface area is 132 Å². The van der Waals surface area contributed by atoms with Gasteiger partial charge in [-0.2, -0.15) is 0 Å². The van der Waals surface area contributed by atoms with Crippen molar-refractivity contribution in [3.63, 3.8) is 0 Å². The van der Waals surface area contributed by atoms with E-state index in [0.29, 0.717) is 11.5 Å². The van der Waals surface area contributed by atoms with E-state index in [-0.39, 0.29) is 5.54 Å². The third-order valence-electron chi connectivity index (χ3n) is 6.54. The standard InChI is InChI=1S/C19H38N2/c1-18(2,21)13-14-5-7-15(8-6-14)19(3,4)16-9-11-17(20)12-10-16/h14-17H,5-13,20-21H2,1-4H3. The molecule has 0 aromatic heterocycles. The fourth-order valence-electron chi connectivity index (χ4n) is 5.05. The lowest BCUT2D eigenvalue weighted by atomic mass is 9.59. The SMILES string of the molecule is CC(C)(N)CC1CCC(C(C)(C)C2CCC(N)CC2)CC1. The Bertz CT molecular complexity index is 313. The molecule has 2 heteroatoms. The zero-order valence-electron chi connectivity index (χ0n) is 14.8. The summed E-state index contributed by atoms with van der Waals surface area (Å²) in [4.78, 5) is 0. The van der Waals surface area contributed by atoms with Crippen molar-refractivity contribution < 1.29 is 0 Å². The highest BCUT2D eigenvalue weighted by atomic mass is 14.7. The molecule has 124 valence electrons. The Morgan fingerprint density at radius 1 is 0.762 bits per heavy atom. The summed E-state index contributed by atoms with van der Waals surface area (Å²) in [5.74, 6) is 2.66. The molecule has 0 spiro atoms. The van der Waals surface area contributed by atoms with Crippen LogP contribution in [0.3, 0.4) is 0 Å². The molecule has 0 aliphatic heterocycles. The zero-order chi connectivity index (χ0) is 15.7. The maximum atomic E-state index is 6.20. The molecule has 0 atom stereocenters. The summed E-state index contributed by atoms with van der Waals surface area (Å²) in [6, 6.07) is 0.472. The van der Waals surface area contributed by atoms with Crippen LogP contribution in [0.2, 0.25) is 0 Å². The average molecular weight is 295 g/mol. The Morgan fingerprint density at radius 3 is 1.62 bits per heavy atom. The molecule has 2 nitrogen and oxygen atoms in total. The predicted molar refractivity (Wildman–Crippen MR) is 92.0 cm³/mol. The Hall–Kier alpha value is -0.0800. The largest absolute Gasteiger partial charge is 0.328 e. The van der Waals surface area contributed by atoms with E-state index in [2.05, 4.69) is 27.7 Å². The molecule has 0 radical (unpaired) electrons. The smallest absolute Gasteiger partial charge is 0.00996 e. The first-order valence-electron chi connectivity index (χ1n) is 9.23. The molecule has 0 aromatic carbocycles. The van der Waals surface area contributed by atoms with Gasteiger partial charge in [0.05, 0.1) is 0 Å². The van der Waals surface area contributed by atoms with Crippen molar-refractivity contribution in [2.75, 3.05) is 0 Å². The van der Waals surface area contributed by atoms with E-state index in [0.717, 1.165) is 17.8 Å². The maximum absolute atomic E-state index is 6.20. The summed E-state index contributed by atoms with van der Waals surface area (Å²) in [6.45, 7) is 9.42. The summed E-state index contributed by atoms with van der Waals surface area (Å²) in [6.07, 6.45) is 12.0. The lowest BCUT2D eigenvalue weighted by molar-refractivity contribution is 0.0422. The van der Waals surface area contributed by atoms with Crippen molar-refractivity contribution in [2.45, 2.75) is 97.1 Å². The van der Waals surface area contributed by atoms with Gasteiger partial charge in [-0.15, -0.1) is 0 Å². The van der Waals surface area contributed by atoms with Gasteiger partial charge in [0.15, 0.2) is 0 Å². The minimum Gasteiger partial charge on any atom is -0.328 e. The zero-order valence-corrected chi connectivity index (χ0v) is 14.8. The molecule has 2 fully saturated rings. The lowest BCUT2D eigenvalue weighted by Crippen LogP contribution is -2.40. The van der Waals surface area contributed by atoms with Gasteiger partial charge in [0.1, 0.15) is 0 Å². The summed E-state index contributed by atoms with van der Waals surface area (Å²) in [5.41, 5.74) is 12.8. The minimum atomic E-state index is 0.00648. The van der Waals surface area contributed by atoms with Gasteiger partial charge in [-0.05, 0) is 82.0 Å². The van der Waals surface area contributed by atoms with Crippen LogP contribution in [0.15, 0.2) is 0 Å². The quantitative estimate of drug-likeness (QED) is 0.804. The monoisotopic (exact) mass is 294 g/mol. The molecule has 2 aliphatic carbocycles. The van der Waals surface area contributed by atoms with E-state index in [1.807, 2.05) is 0 Å². The molecular formula is C19H38N2. The molecule has 0 unspecified atom stereocenters. The van der Waals surface area contributed by atoms with Crippen LogP contribution < -0.4 is 11.5 Å². The van der Waals surface area contributed by atoms with E-state index >= 15 is 0 Å². The second-order valence-electron chi connectivity index (χ2n) is 9.34. The maximum Gasteiger partial charge on any atom is 0.00996 e. The highest BCUT2D eigenvalue weighted by Gasteiger charge is 2.40. The number of hydrogen-bond acceptors (Lipinski definition) is 2. The van der Waals surface area contributed by atoms with E-state index < -0.39 is 0 Å². The molecule has 2 rings (SSSR count). The van der Waals surface area contributed by atoms with E-state index in [1.54, 1.807) is 0 Å². The molecule has 4 N–H and O–H groups in total. The molecular weight excluding hydrogens is 256 g/mol. The minimum absolute atomic E-state index is 0.00648. The van der Waals surface area contributed by atoms with Crippen molar-refractivity contribution >= 4 is 0 Å². The molecule has 0 saturated heterocycles. The van der Waals surface area contributed by atoms with Gasteiger partial charge in [0.25, 0.3) is 0 Å². The summed E-state index contributed by atoms with van der Waals surface area (Å²) in [7, 11) is 0. The van der Waals surface area contributed by atoms with Crippen molar-refractivity contribution in [3.05, 3.63) is 0 Å². The first kappa shape index (κ1) is 17.3. The lowest BCUT2D eigenvalue weighted by Gasteiger charge is -2.47. The van der Waals surface area contributed by atoms with Gasteiger partial charge in [-0.25, -0.2) is 0 Å². The van der Waals surface area contributed by atoms with Crippen LogP contribution in [-0.2, 0) is 0 Å². The Morgan fingerprint density at radius 2 is 1.19 bits per heavy atom. The molecule has 0 aromatic rings. The van der Waals surface area contributed by atoms with Gasteiger partial charge in [0, 0.05) is 11.6 Å². The molecule has 2 aliphatic rings. The third-order valence-corrected chi connectivity index (χ3v) is 6.54. The first-order chi connectivity index (χ1) is 9.68. The van der Waals surface area contributed by atoms with Crippen LogP contribution in [0.1, 0.15) is 85.5 Å². The summed E-state index contributed by atoms with van der Waals surface area (Å²) < 4.78 is 0. The fourth-order valence-corrected chi connectivity index (χ4v) is 5.05. The van der Waals surface area contributed by atoms with Gasteiger partial charge < -0.3 is 11.5 Å². The molecule has 0 bridgehead atoms. The highest BCUT2D eigenvalue weighted by molar-refractivity contribution is 4.92.